The molecule has 0 fully saturated rings. The molecule has 0 spiro atoms. The zero-order chi connectivity index (χ0) is 21.3. The molecule has 7 nitrogen and oxygen atoms in total. The van der Waals surface area contributed by atoms with Gasteiger partial charge in [0.05, 0.1) is 0 Å². The summed E-state index contributed by atoms with van der Waals surface area (Å²) >= 11 is 0. The number of rotatable bonds is 8. The normalized spacial score (nSPS) is 13.4. The summed E-state index contributed by atoms with van der Waals surface area (Å²) in [5, 5.41) is 5.14. The number of esters is 1. The highest BCUT2D eigenvalue weighted by atomic mass is 16.6. The number of nitrogens with one attached hydrogen (secondary N) is 2. The molecule has 0 aliphatic heterocycles. The van der Waals surface area contributed by atoms with Crippen molar-refractivity contribution in [1.82, 2.24) is 10.6 Å². The largest absolute Gasteiger partial charge is 0.458 e. The van der Waals surface area contributed by atoms with Crippen molar-refractivity contribution in [2.45, 2.75) is 72.3 Å². The fraction of sp³-hybridized carbons (Fsp3) is 0.571. The van der Waals surface area contributed by atoms with Gasteiger partial charge in [0.25, 0.3) is 0 Å². The second-order valence-corrected chi connectivity index (χ2v) is 8.15. The molecule has 28 heavy (non-hydrogen) atoms. The summed E-state index contributed by atoms with van der Waals surface area (Å²) in [6.07, 6.45) is -0.268. The van der Waals surface area contributed by atoms with Crippen molar-refractivity contribution in [3.05, 3.63) is 35.9 Å². The Hall–Kier alpha value is -2.57. The van der Waals surface area contributed by atoms with Crippen molar-refractivity contribution in [2.75, 3.05) is 0 Å². The van der Waals surface area contributed by atoms with Crippen LogP contribution in [-0.2, 0) is 25.7 Å². The molecule has 2 atom stereocenters. The Morgan fingerprint density at radius 2 is 1.61 bits per heavy atom. The van der Waals surface area contributed by atoms with Crippen LogP contribution < -0.4 is 10.6 Å². The average molecular weight is 392 g/mol. The highest BCUT2D eigenvalue weighted by Crippen LogP contribution is 2.13. The predicted octanol–water partition coefficient (Wildman–Crippen LogP) is 3.17. The molecule has 0 saturated heterocycles. The van der Waals surface area contributed by atoms with Crippen LogP contribution in [0.4, 0.5) is 4.79 Å². The van der Waals surface area contributed by atoms with Crippen LogP contribution >= 0.6 is 0 Å². The van der Waals surface area contributed by atoms with Crippen LogP contribution in [0.1, 0.15) is 53.5 Å². The van der Waals surface area contributed by atoms with Gasteiger partial charge in [0.1, 0.15) is 24.3 Å². The first kappa shape index (κ1) is 23.5. The first-order valence-corrected chi connectivity index (χ1v) is 9.48. The summed E-state index contributed by atoms with van der Waals surface area (Å²) in [7, 11) is 0. The van der Waals surface area contributed by atoms with Crippen molar-refractivity contribution < 1.29 is 23.9 Å². The van der Waals surface area contributed by atoms with E-state index in [0.717, 1.165) is 5.56 Å². The third-order valence-electron chi connectivity index (χ3n) is 3.66. The minimum absolute atomic E-state index is 0.106. The molecular weight excluding hydrogens is 360 g/mol. The lowest BCUT2D eigenvalue weighted by molar-refractivity contribution is -0.159. The van der Waals surface area contributed by atoms with Crippen LogP contribution in [0.25, 0.3) is 0 Å². The fourth-order valence-corrected chi connectivity index (χ4v) is 2.36. The number of amides is 2. The molecule has 0 saturated carbocycles. The molecule has 0 radical (unpaired) electrons. The number of carbonyl (C=O) groups is 3. The highest BCUT2D eigenvalue weighted by Gasteiger charge is 2.29. The van der Waals surface area contributed by atoms with Crippen LogP contribution in [0, 0.1) is 5.92 Å². The minimum atomic E-state index is -0.861. The molecule has 0 aliphatic carbocycles. The molecule has 0 heterocycles. The van der Waals surface area contributed by atoms with Crippen LogP contribution in [0.2, 0.25) is 0 Å². The average Bonchev–Trinajstić information content (AvgIpc) is 2.58. The molecule has 1 aromatic carbocycles. The van der Waals surface area contributed by atoms with Crippen molar-refractivity contribution in [3.8, 4) is 0 Å². The number of hydrogen-bond acceptors (Lipinski definition) is 5. The van der Waals surface area contributed by atoms with E-state index >= 15 is 0 Å². The highest BCUT2D eigenvalue weighted by molar-refractivity contribution is 5.89. The van der Waals surface area contributed by atoms with Gasteiger partial charge in [0.2, 0.25) is 5.91 Å². The van der Waals surface area contributed by atoms with Crippen molar-refractivity contribution in [2.24, 2.45) is 5.92 Å². The Morgan fingerprint density at radius 3 is 2.14 bits per heavy atom. The standard InChI is InChI=1S/C21H32N2O5/c1-14(2)12-17(19(25)28-21(4,5)6)23-18(24)15(3)22-20(26)27-13-16-10-8-7-9-11-16/h7-11,14-15,17H,12-13H2,1-6H3,(H,22,26)(H,23,24)/t15-,17-/m0/s1. The van der Waals surface area contributed by atoms with Crippen molar-refractivity contribution in [3.63, 3.8) is 0 Å². The molecule has 2 amide bonds. The summed E-state index contributed by atoms with van der Waals surface area (Å²) in [5.74, 6) is -0.793. The van der Waals surface area contributed by atoms with Gasteiger partial charge in [-0.05, 0) is 45.6 Å². The molecule has 156 valence electrons. The molecule has 0 bridgehead atoms. The maximum absolute atomic E-state index is 12.4. The van der Waals surface area contributed by atoms with Gasteiger partial charge in [-0.1, -0.05) is 44.2 Å². The maximum atomic E-state index is 12.4. The SMILES string of the molecule is CC(C)C[C@H](NC(=O)[C@H](C)NC(=O)OCc1ccccc1)C(=O)OC(C)(C)C. The van der Waals surface area contributed by atoms with Gasteiger partial charge in [-0.15, -0.1) is 0 Å². The third kappa shape index (κ3) is 9.39. The molecule has 2 N–H and O–H groups in total. The second-order valence-electron chi connectivity index (χ2n) is 8.15. The predicted molar refractivity (Wildman–Crippen MR) is 106 cm³/mol. The number of ether oxygens (including phenoxy) is 2. The van der Waals surface area contributed by atoms with Gasteiger partial charge in [-0.25, -0.2) is 9.59 Å². The Morgan fingerprint density at radius 1 is 1.00 bits per heavy atom. The smallest absolute Gasteiger partial charge is 0.408 e. The second kappa shape index (κ2) is 10.7. The molecule has 7 heteroatoms. The summed E-state index contributed by atoms with van der Waals surface area (Å²) < 4.78 is 10.5. The van der Waals surface area contributed by atoms with Gasteiger partial charge >= 0.3 is 12.1 Å². The van der Waals surface area contributed by atoms with E-state index in [0.29, 0.717) is 6.42 Å². The van der Waals surface area contributed by atoms with E-state index in [9.17, 15) is 14.4 Å². The van der Waals surface area contributed by atoms with Gasteiger partial charge in [0.15, 0.2) is 0 Å². The lowest BCUT2D eigenvalue weighted by Crippen LogP contribution is -2.51. The quantitative estimate of drug-likeness (QED) is 0.663. The lowest BCUT2D eigenvalue weighted by Gasteiger charge is -2.26. The summed E-state index contributed by atoms with van der Waals surface area (Å²) in [6, 6.07) is 7.59. The molecule has 0 unspecified atom stereocenters. The Bertz CT molecular complexity index is 653. The molecule has 0 aliphatic rings. The van der Waals surface area contributed by atoms with Crippen molar-refractivity contribution in [1.29, 1.82) is 0 Å². The number of alkyl carbamates (subject to hydrolysis) is 1. The maximum Gasteiger partial charge on any atom is 0.408 e. The monoisotopic (exact) mass is 392 g/mol. The first-order valence-electron chi connectivity index (χ1n) is 9.48. The zero-order valence-electron chi connectivity index (χ0n) is 17.6. The Balaban J connectivity index is 2.58. The molecule has 1 aromatic rings. The summed E-state index contributed by atoms with van der Waals surface area (Å²) in [6.45, 7) is 10.8. The third-order valence-corrected chi connectivity index (χ3v) is 3.66. The molecule has 1 rings (SSSR count). The number of benzene rings is 1. The van der Waals surface area contributed by atoms with E-state index in [1.165, 1.54) is 6.92 Å². The van der Waals surface area contributed by atoms with Crippen LogP contribution in [0.5, 0.6) is 0 Å². The van der Waals surface area contributed by atoms with Crippen LogP contribution in [-0.4, -0.2) is 35.7 Å². The summed E-state index contributed by atoms with van der Waals surface area (Å²) in [4.78, 5) is 36.7. The van der Waals surface area contributed by atoms with E-state index in [1.54, 1.807) is 20.8 Å². The summed E-state index contributed by atoms with van der Waals surface area (Å²) in [5.41, 5.74) is 0.194. The Kier molecular flexibility index (Phi) is 8.96. The van der Waals surface area contributed by atoms with E-state index in [1.807, 2.05) is 44.2 Å². The fourth-order valence-electron chi connectivity index (χ4n) is 2.36. The Labute approximate surface area is 167 Å². The van der Waals surface area contributed by atoms with Gasteiger partial charge in [-0.3, -0.25) is 4.79 Å². The minimum Gasteiger partial charge on any atom is -0.458 e. The zero-order valence-corrected chi connectivity index (χ0v) is 17.6. The van der Waals surface area contributed by atoms with Crippen LogP contribution in [0.3, 0.4) is 0 Å². The van der Waals surface area contributed by atoms with Crippen molar-refractivity contribution >= 4 is 18.0 Å². The van der Waals surface area contributed by atoms with E-state index < -0.39 is 35.7 Å². The van der Waals surface area contributed by atoms with Gasteiger partial charge in [-0.2, -0.15) is 0 Å². The van der Waals surface area contributed by atoms with Gasteiger partial charge < -0.3 is 20.1 Å². The molecule has 0 aromatic heterocycles. The van der Waals surface area contributed by atoms with E-state index in [4.69, 9.17) is 9.47 Å². The number of hydrogen-bond donors (Lipinski definition) is 2. The molecular formula is C21H32N2O5. The van der Waals surface area contributed by atoms with E-state index in [2.05, 4.69) is 10.6 Å². The topological polar surface area (TPSA) is 93.7 Å². The van der Waals surface area contributed by atoms with Gasteiger partial charge in [0, 0.05) is 0 Å². The van der Waals surface area contributed by atoms with E-state index in [-0.39, 0.29) is 12.5 Å². The van der Waals surface area contributed by atoms with Crippen LogP contribution in [0.15, 0.2) is 30.3 Å². The first-order chi connectivity index (χ1) is 13.0. The lowest BCUT2D eigenvalue weighted by atomic mass is 10.0. The number of carbonyl (C=O) groups excluding carboxylic acids is 3.